The third-order valence-electron chi connectivity index (χ3n) is 5.65. The molecule has 0 atom stereocenters. The maximum absolute atomic E-state index is 13.3. The van der Waals surface area contributed by atoms with Crippen LogP contribution >= 0.6 is 0 Å². The number of ether oxygens (including phenoxy) is 3. The van der Waals surface area contributed by atoms with Crippen LogP contribution in [0, 0.1) is 0 Å². The second-order valence-electron chi connectivity index (χ2n) is 7.97. The van der Waals surface area contributed by atoms with Crippen molar-refractivity contribution in [3.8, 4) is 17.2 Å². The summed E-state index contributed by atoms with van der Waals surface area (Å²) in [5.74, 6) is 0.887. The Labute approximate surface area is 202 Å². The second-order valence-corrected chi connectivity index (χ2v) is 7.97. The fraction of sp³-hybridized carbons (Fsp3) is 0.107. The van der Waals surface area contributed by atoms with Crippen molar-refractivity contribution in [3.63, 3.8) is 0 Å². The first-order valence-corrected chi connectivity index (χ1v) is 11.0. The van der Waals surface area contributed by atoms with Gasteiger partial charge in [-0.25, -0.2) is 4.99 Å². The number of hydrogen-bond acceptors (Lipinski definition) is 5. The lowest BCUT2D eigenvalue weighted by molar-refractivity contribution is -0.110. The minimum Gasteiger partial charge on any atom is -0.497 e. The molecule has 0 aromatic heterocycles. The Balaban J connectivity index is 1.44. The Morgan fingerprint density at radius 2 is 1.66 bits per heavy atom. The van der Waals surface area contributed by atoms with Gasteiger partial charge in [0.2, 0.25) is 6.79 Å². The van der Waals surface area contributed by atoms with Crippen molar-refractivity contribution in [2.75, 3.05) is 19.2 Å². The van der Waals surface area contributed by atoms with E-state index >= 15 is 0 Å². The first-order valence-electron chi connectivity index (χ1n) is 11.0. The summed E-state index contributed by atoms with van der Waals surface area (Å²) in [6, 6.07) is 25.5. The van der Waals surface area contributed by atoms with E-state index in [4.69, 9.17) is 14.2 Å². The van der Waals surface area contributed by atoms with Gasteiger partial charge in [0.05, 0.1) is 7.11 Å². The predicted molar refractivity (Wildman–Crippen MR) is 134 cm³/mol. The number of nitrogens with one attached hydrogen (secondary N) is 1. The molecule has 35 heavy (non-hydrogen) atoms. The largest absolute Gasteiger partial charge is 0.497 e. The highest BCUT2D eigenvalue weighted by Gasteiger charge is 2.19. The fourth-order valence-corrected chi connectivity index (χ4v) is 3.81. The number of carbonyl (C=O) groups is 2. The first kappa shape index (κ1) is 22.2. The molecule has 0 saturated carbocycles. The molecule has 1 N–H and O–H groups in total. The van der Waals surface area contributed by atoms with Crippen molar-refractivity contribution in [2.24, 2.45) is 4.99 Å². The topological polar surface area (TPSA) is 86.2 Å². The number of anilines is 1. The Morgan fingerprint density at radius 3 is 2.46 bits per heavy atom. The first-order chi connectivity index (χ1) is 17.1. The van der Waals surface area contributed by atoms with Gasteiger partial charge in [-0.05, 0) is 64.9 Å². The van der Waals surface area contributed by atoms with Crippen LogP contribution in [-0.4, -0.2) is 31.4 Å². The average molecular weight is 466 g/mol. The zero-order valence-electron chi connectivity index (χ0n) is 19.0. The third-order valence-corrected chi connectivity index (χ3v) is 5.65. The Bertz CT molecular complexity index is 1440. The van der Waals surface area contributed by atoms with Crippen LogP contribution in [0.2, 0.25) is 0 Å². The highest BCUT2D eigenvalue weighted by molar-refractivity contribution is 6.45. The SMILES string of the molecule is COc1ccc(C(=O)N=C(Cc2ccc3c(c2)OCO3)C(=O)Nc2ccc3ccccc3c2)cc1. The van der Waals surface area contributed by atoms with Gasteiger partial charge in [0.25, 0.3) is 11.8 Å². The summed E-state index contributed by atoms with van der Waals surface area (Å²) in [5, 5.41) is 4.94. The third kappa shape index (κ3) is 4.99. The molecule has 0 aliphatic carbocycles. The number of amides is 2. The van der Waals surface area contributed by atoms with E-state index in [2.05, 4.69) is 10.3 Å². The van der Waals surface area contributed by atoms with E-state index in [1.54, 1.807) is 43.5 Å². The van der Waals surface area contributed by atoms with E-state index in [-0.39, 0.29) is 18.9 Å². The summed E-state index contributed by atoms with van der Waals surface area (Å²) in [4.78, 5) is 30.4. The quantitative estimate of drug-likeness (QED) is 0.403. The highest BCUT2D eigenvalue weighted by Crippen LogP contribution is 2.32. The number of fused-ring (bicyclic) bond motifs is 2. The van der Waals surface area contributed by atoms with Gasteiger partial charge in [-0.2, -0.15) is 0 Å². The summed E-state index contributed by atoms with van der Waals surface area (Å²) >= 11 is 0. The molecular weight excluding hydrogens is 444 g/mol. The summed E-state index contributed by atoms with van der Waals surface area (Å²) in [6.45, 7) is 0.151. The van der Waals surface area contributed by atoms with Gasteiger partial charge in [-0.15, -0.1) is 0 Å². The molecule has 1 aliphatic heterocycles. The molecule has 2 amide bonds. The zero-order chi connectivity index (χ0) is 24.2. The van der Waals surface area contributed by atoms with Crippen molar-refractivity contribution in [1.29, 1.82) is 0 Å². The van der Waals surface area contributed by atoms with Crippen LogP contribution < -0.4 is 19.5 Å². The molecular formula is C28H22N2O5. The van der Waals surface area contributed by atoms with Crippen LogP contribution in [-0.2, 0) is 11.2 Å². The zero-order valence-corrected chi connectivity index (χ0v) is 19.0. The van der Waals surface area contributed by atoms with Gasteiger partial charge >= 0.3 is 0 Å². The Hall–Kier alpha value is -4.65. The molecule has 0 radical (unpaired) electrons. The normalized spacial score (nSPS) is 12.4. The molecule has 0 spiro atoms. The molecule has 7 nitrogen and oxygen atoms in total. The highest BCUT2D eigenvalue weighted by atomic mass is 16.7. The van der Waals surface area contributed by atoms with Crippen LogP contribution in [0.25, 0.3) is 10.8 Å². The fourth-order valence-electron chi connectivity index (χ4n) is 3.81. The van der Waals surface area contributed by atoms with Gasteiger partial charge in [-0.1, -0.05) is 36.4 Å². The molecule has 1 aliphatic rings. The van der Waals surface area contributed by atoms with Gasteiger partial charge < -0.3 is 19.5 Å². The van der Waals surface area contributed by atoms with Gasteiger partial charge in [0, 0.05) is 17.7 Å². The second kappa shape index (κ2) is 9.69. The van der Waals surface area contributed by atoms with Crippen molar-refractivity contribution >= 4 is 34.0 Å². The predicted octanol–water partition coefficient (Wildman–Crippen LogP) is 5.04. The van der Waals surface area contributed by atoms with Gasteiger partial charge in [0.15, 0.2) is 11.5 Å². The van der Waals surface area contributed by atoms with Crippen molar-refractivity contribution in [1.82, 2.24) is 0 Å². The standard InChI is InChI=1S/C28H22N2O5/c1-33-23-11-8-20(9-12-23)27(31)30-24(14-18-6-13-25-26(15-18)35-17-34-25)28(32)29-22-10-7-19-4-2-3-5-21(19)16-22/h2-13,15-16H,14,17H2,1H3,(H,29,32). The lowest BCUT2D eigenvalue weighted by atomic mass is 10.1. The minimum absolute atomic E-state index is 0.0813. The summed E-state index contributed by atoms with van der Waals surface area (Å²) in [7, 11) is 1.55. The van der Waals surface area contributed by atoms with Crippen LogP contribution in [0.4, 0.5) is 5.69 Å². The number of benzene rings is 4. The number of carbonyl (C=O) groups excluding carboxylic acids is 2. The summed E-state index contributed by atoms with van der Waals surface area (Å²) < 4.78 is 16.0. The molecule has 0 bridgehead atoms. The minimum atomic E-state index is -0.517. The number of aliphatic imine (C=N–C) groups is 1. The van der Waals surface area contributed by atoms with Crippen LogP contribution in [0.3, 0.4) is 0 Å². The van der Waals surface area contributed by atoms with E-state index in [9.17, 15) is 9.59 Å². The lowest BCUT2D eigenvalue weighted by Gasteiger charge is -2.10. The smallest absolute Gasteiger partial charge is 0.277 e. The molecule has 4 aromatic rings. The molecule has 7 heteroatoms. The summed E-state index contributed by atoms with van der Waals surface area (Å²) in [6.07, 6.45) is 0.137. The van der Waals surface area contributed by atoms with Crippen LogP contribution in [0.1, 0.15) is 15.9 Å². The van der Waals surface area contributed by atoms with Crippen LogP contribution in [0.5, 0.6) is 17.2 Å². The summed E-state index contributed by atoms with van der Waals surface area (Å²) in [5.41, 5.74) is 1.82. The molecule has 4 aromatic carbocycles. The Morgan fingerprint density at radius 1 is 0.886 bits per heavy atom. The van der Waals surface area contributed by atoms with Gasteiger partial charge in [0.1, 0.15) is 11.5 Å². The number of methoxy groups -OCH3 is 1. The van der Waals surface area contributed by atoms with Crippen molar-refractivity contribution in [3.05, 3.63) is 96.1 Å². The van der Waals surface area contributed by atoms with E-state index < -0.39 is 11.8 Å². The van der Waals surface area contributed by atoms with Gasteiger partial charge in [-0.3, -0.25) is 9.59 Å². The molecule has 1 heterocycles. The molecule has 0 saturated heterocycles. The molecule has 0 fully saturated rings. The maximum atomic E-state index is 13.3. The van der Waals surface area contributed by atoms with Crippen molar-refractivity contribution < 1.29 is 23.8 Å². The molecule has 5 rings (SSSR count). The number of hydrogen-bond donors (Lipinski definition) is 1. The van der Waals surface area contributed by atoms with E-state index in [1.807, 2.05) is 48.5 Å². The van der Waals surface area contributed by atoms with Crippen LogP contribution in [0.15, 0.2) is 89.9 Å². The van der Waals surface area contributed by atoms with Crippen molar-refractivity contribution in [2.45, 2.75) is 6.42 Å². The lowest BCUT2D eigenvalue weighted by Crippen LogP contribution is -2.26. The maximum Gasteiger partial charge on any atom is 0.277 e. The average Bonchev–Trinajstić information content (AvgIpc) is 3.36. The Kier molecular flexibility index (Phi) is 6.13. The van der Waals surface area contributed by atoms with E-state index in [0.29, 0.717) is 28.5 Å². The molecule has 0 unspecified atom stereocenters. The number of rotatable bonds is 6. The molecule has 174 valence electrons. The monoisotopic (exact) mass is 466 g/mol. The number of nitrogens with zero attached hydrogens (tertiary/aromatic N) is 1. The van der Waals surface area contributed by atoms with E-state index in [1.165, 1.54) is 0 Å². The van der Waals surface area contributed by atoms with E-state index in [0.717, 1.165) is 16.3 Å².